The van der Waals surface area contributed by atoms with Gasteiger partial charge < -0.3 is 14.6 Å². The Morgan fingerprint density at radius 3 is 2.38 bits per heavy atom. The smallest absolute Gasteiger partial charge is 0.305 e. The van der Waals surface area contributed by atoms with E-state index >= 15 is 0 Å². The number of esters is 1. The molecule has 0 unspecified atom stereocenters. The van der Waals surface area contributed by atoms with Crippen molar-refractivity contribution in [2.75, 3.05) is 13.2 Å². The Bertz CT molecular complexity index is 225. The molecular weight excluding hydrogens is 216 g/mol. The molecule has 0 amide bonds. The molecule has 0 aromatic carbocycles. The fourth-order valence-electron chi connectivity index (χ4n) is 1.05. The molecule has 0 fully saturated rings. The third-order valence-electron chi connectivity index (χ3n) is 1.80. The van der Waals surface area contributed by atoms with Crippen LogP contribution in [0.4, 0.5) is 0 Å². The van der Waals surface area contributed by atoms with Gasteiger partial charge in [-0.05, 0) is 12.8 Å². The highest BCUT2D eigenvalue weighted by atomic mass is 16.6. The Morgan fingerprint density at radius 2 is 1.75 bits per heavy atom. The fourth-order valence-corrected chi connectivity index (χ4v) is 1.05. The first-order chi connectivity index (χ1) is 7.66. The number of hydrogen-bond donors (Lipinski definition) is 1. The molecule has 0 saturated carbocycles. The standard InChI is InChI=1S/C10H16O6/c11-8-15-6-7-16-10(14)5-3-1-2-4-9(12)13/h8H,1-7H2,(H,12,13). The van der Waals surface area contributed by atoms with E-state index in [-0.39, 0.29) is 32.0 Å². The zero-order valence-corrected chi connectivity index (χ0v) is 9.02. The monoisotopic (exact) mass is 232 g/mol. The number of carbonyl (C=O) groups excluding carboxylic acids is 2. The molecule has 0 aromatic rings. The van der Waals surface area contributed by atoms with Crippen LogP contribution >= 0.6 is 0 Å². The van der Waals surface area contributed by atoms with Gasteiger partial charge in [0.2, 0.25) is 0 Å². The Hall–Kier alpha value is -1.59. The Morgan fingerprint density at radius 1 is 1.06 bits per heavy atom. The molecule has 0 spiro atoms. The molecule has 0 aliphatic carbocycles. The van der Waals surface area contributed by atoms with Crippen molar-refractivity contribution in [1.29, 1.82) is 0 Å². The summed E-state index contributed by atoms with van der Waals surface area (Å²) in [5.74, 6) is -1.18. The number of unbranched alkanes of at least 4 members (excludes halogenated alkanes) is 2. The molecule has 0 radical (unpaired) electrons. The highest BCUT2D eigenvalue weighted by Gasteiger charge is 2.03. The number of aliphatic carboxylic acids is 1. The first kappa shape index (κ1) is 14.4. The predicted molar refractivity (Wildman–Crippen MR) is 53.7 cm³/mol. The summed E-state index contributed by atoms with van der Waals surface area (Å²) in [6.07, 6.45) is 2.26. The summed E-state index contributed by atoms with van der Waals surface area (Å²) in [4.78, 5) is 30.9. The van der Waals surface area contributed by atoms with Crippen LogP contribution < -0.4 is 0 Å². The lowest BCUT2D eigenvalue weighted by atomic mass is 10.1. The van der Waals surface area contributed by atoms with E-state index in [4.69, 9.17) is 9.84 Å². The van der Waals surface area contributed by atoms with E-state index in [0.717, 1.165) is 0 Å². The number of hydrogen-bond acceptors (Lipinski definition) is 5. The minimum atomic E-state index is -0.825. The second-order valence-electron chi connectivity index (χ2n) is 3.14. The highest BCUT2D eigenvalue weighted by Crippen LogP contribution is 2.03. The van der Waals surface area contributed by atoms with Crippen molar-refractivity contribution < 1.29 is 29.0 Å². The summed E-state index contributed by atoms with van der Waals surface area (Å²) in [6, 6.07) is 0. The average Bonchev–Trinajstić information content (AvgIpc) is 2.23. The predicted octanol–water partition coefficient (Wildman–Crippen LogP) is 0.738. The van der Waals surface area contributed by atoms with E-state index in [1.807, 2.05) is 0 Å². The molecule has 0 atom stereocenters. The first-order valence-corrected chi connectivity index (χ1v) is 5.09. The minimum Gasteiger partial charge on any atom is -0.481 e. The number of ether oxygens (including phenoxy) is 2. The quantitative estimate of drug-likeness (QED) is 0.339. The van der Waals surface area contributed by atoms with Gasteiger partial charge in [0.15, 0.2) is 0 Å². The van der Waals surface area contributed by atoms with Crippen molar-refractivity contribution in [1.82, 2.24) is 0 Å². The van der Waals surface area contributed by atoms with E-state index in [1.54, 1.807) is 0 Å². The van der Waals surface area contributed by atoms with Gasteiger partial charge in [0.05, 0.1) is 0 Å². The van der Waals surface area contributed by atoms with E-state index in [9.17, 15) is 14.4 Å². The summed E-state index contributed by atoms with van der Waals surface area (Å²) in [6.45, 7) is 0.417. The van der Waals surface area contributed by atoms with Crippen molar-refractivity contribution in [2.45, 2.75) is 32.1 Å². The summed E-state index contributed by atoms with van der Waals surface area (Å²) >= 11 is 0. The summed E-state index contributed by atoms with van der Waals surface area (Å²) < 4.78 is 9.06. The number of carboxylic acids is 1. The third kappa shape index (κ3) is 10.5. The van der Waals surface area contributed by atoms with Gasteiger partial charge in [-0.2, -0.15) is 0 Å². The zero-order valence-electron chi connectivity index (χ0n) is 9.02. The van der Waals surface area contributed by atoms with Gasteiger partial charge >= 0.3 is 11.9 Å². The topological polar surface area (TPSA) is 89.9 Å². The highest BCUT2D eigenvalue weighted by molar-refractivity contribution is 5.69. The Labute approximate surface area is 93.5 Å². The first-order valence-electron chi connectivity index (χ1n) is 5.09. The van der Waals surface area contributed by atoms with Gasteiger partial charge in [-0.3, -0.25) is 14.4 Å². The fraction of sp³-hybridized carbons (Fsp3) is 0.700. The van der Waals surface area contributed by atoms with Gasteiger partial charge in [0.25, 0.3) is 6.47 Å². The van der Waals surface area contributed by atoms with Gasteiger partial charge in [0.1, 0.15) is 13.2 Å². The number of carbonyl (C=O) groups is 3. The van der Waals surface area contributed by atoms with Crippen molar-refractivity contribution in [3.05, 3.63) is 0 Å². The average molecular weight is 232 g/mol. The normalized spacial score (nSPS) is 9.50. The van der Waals surface area contributed by atoms with E-state index in [0.29, 0.717) is 25.7 Å². The molecule has 0 aliphatic rings. The zero-order chi connectivity index (χ0) is 12.2. The molecule has 6 heteroatoms. The lowest BCUT2D eigenvalue weighted by Gasteiger charge is -2.03. The number of rotatable bonds is 10. The third-order valence-corrected chi connectivity index (χ3v) is 1.80. The molecular formula is C10H16O6. The van der Waals surface area contributed by atoms with Crippen LogP contribution in [0.15, 0.2) is 0 Å². The lowest BCUT2D eigenvalue weighted by Crippen LogP contribution is -2.09. The van der Waals surface area contributed by atoms with Gasteiger partial charge in [-0.15, -0.1) is 0 Å². The second-order valence-corrected chi connectivity index (χ2v) is 3.14. The van der Waals surface area contributed by atoms with Crippen LogP contribution in [0.5, 0.6) is 0 Å². The minimum absolute atomic E-state index is 0.0622. The lowest BCUT2D eigenvalue weighted by molar-refractivity contribution is -0.147. The molecule has 92 valence electrons. The summed E-state index contributed by atoms with van der Waals surface area (Å²) in [7, 11) is 0. The van der Waals surface area contributed by atoms with Gasteiger partial charge in [0, 0.05) is 12.8 Å². The maximum absolute atomic E-state index is 11.0. The van der Waals surface area contributed by atoms with Crippen molar-refractivity contribution >= 4 is 18.4 Å². The van der Waals surface area contributed by atoms with Crippen molar-refractivity contribution in [3.63, 3.8) is 0 Å². The number of carboxylic acid groups (broad SMARTS) is 1. The Balaban J connectivity index is 3.23. The van der Waals surface area contributed by atoms with Crippen molar-refractivity contribution in [2.24, 2.45) is 0 Å². The van der Waals surface area contributed by atoms with Crippen LogP contribution in [0.25, 0.3) is 0 Å². The molecule has 16 heavy (non-hydrogen) atoms. The van der Waals surface area contributed by atoms with Crippen LogP contribution in [0.3, 0.4) is 0 Å². The molecule has 0 bridgehead atoms. The molecule has 0 rings (SSSR count). The van der Waals surface area contributed by atoms with E-state index in [2.05, 4.69) is 4.74 Å². The maximum atomic E-state index is 11.0. The SMILES string of the molecule is O=COCCOC(=O)CCCCCC(=O)O. The van der Waals surface area contributed by atoms with Crippen molar-refractivity contribution in [3.8, 4) is 0 Å². The van der Waals surface area contributed by atoms with E-state index in [1.165, 1.54) is 0 Å². The largest absolute Gasteiger partial charge is 0.481 e. The molecule has 1 N–H and O–H groups in total. The van der Waals surface area contributed by atoms with Gasteiger partial charge in [-0.1, -0.05) is 6.42 Å². The Kier molecular flexibility index (Phi) is 8.96. The molecule has 6 nitrogen and oxygen atoms in total. The molecule has 0 aromatic heterocycles. The van der Waals surface area contributed by atoms with Crippen LogP contribution in [-0.2, 0) is 23.9 Å². The second kappa shape index (κ2) is 9.95. The van der Waals surface area contributed by atoms with Crippen LogP contribution in [0, 0.1) is 0 Å². The van der Waals surface area contributed by atoms with Crippen LogP contribution in [-0.4, -0.2) is 36.7 Å². The molecule has 0 heterocycles. The van der Waals surface area contributed by atoms with Gasteiger partial charge in [-0.25, -0.2) is 0 Å². The van der Waals surface area contributed by atoms with Crippen LogP contribution in [0.2, 0.25) is 0 Å². The van der Waals surface area contributed by atoms with Crippen LogP contribution in [0.1, 0.15) is 32.1 Å². The van der Waals surface area contributed by atoms with E-state index < -0.39 is 5.97 Å². The molecule has 0 saturated heterocycles. The molecule has 0 aliphatic heterocycles. The summed E-state index contributed by atoms with van der Waals surface area (Å²) in [5.41, 5.74) is 0. The summed E-state index contributed by atoms with van der Waals surface area (Å²) in [5, 5.41) is 8.35. The maximum Gasteiger partial charge on any atom is 0.305 e.